The molecule has 1 aliphatic heterocycles. The molecule has 1 rings (SSSR count). The number of hydrogen-bond acceptors (Lipinski definition) is 3. The molecule has 1 fully saturated rings. The van der Waals surface area contributed by atoms with Crippen LogP contribution >= 0.6 is 0 Å². The van der Waals surface area contributed by atoms with Crippen LogP contribution in [-0.4, -0.2) is 34.4 Å². The van der Waals surface area contributed by atoms with E-state index < -0.39 is 29.3 Å². The van der Waals surface area contributed by atoms with Crippen LogP contribution in [0.4, 0.5) is 13.2 Å². The van der Waals surface area contributed by atoms with Gasteiger partial charge >= 0.3 is 6.18 Å². The third-order valence-electron chi connectivity index (χ3n) is 4.27. The maximum absolute atomic E-state index is 13.5. The number of halogens is 3. The molecule has 0 aromatic rings. The maximum Gasteiger partial charge on any atom is 0.422 e. The first kappa shape index (κ1) is 18.7. The van der Waals surface area contributed by atoms with Gasteiger partial charge in [0.15, 0.2) is 5.79 Å². The Balaban J connectivity index is 3.06. The van der Waals surface area contributed by atoms with E-state index >= 15 is 0 Å². The van der Waals surface area contributed by atoms with Gasteiger partial charge in [0, 0.05) is 0 Å². The van der Waals surface area contributed by atoms with Gasteiger partial charge in [-0.15, -0.1) is 0 Å². The number of ether oxygens (including phenoxy) is 2. The van der Waals surface area contributed by atoms with Crippen LogP contribution in [0.2, 0.25) is 0 Å². The zero-order valence-corrected chi connectivity index (χ0v) is 13.5. The topological polar surface area (TPSA) is 38.7 Å². The van der Waals surface area contributed by atoms with Gasteiger partial charge < -0.3 is 14.6 Å². The van der Waals surface area contributed by atoms with Gasteiger partial charge in [-0.1, -0.05) is 32.6 Å². The molecular weight excluding hydrogens is 285 g/mol. The fraction of sp³-hybridized carbons (Fsp3) is 1.00. The third-order valence-corrected chi connectivity index (χ3v) is 4.27. The molecule has 1 saturated heterocycles. The summed E-state index contributed by atoms with van der Waals surface area (Å²) in [4.78, 5) is 0. The zero-order chi connectivity index (χ0) is 16.5. The molecular formula is C15H27F3O3. The van der Waals surface area contributed by atoms with Crippen LogP contribution in [-0.2, 0) is 9.47 Å². The molecule has 0 aromatic heterocycles. The molecule has 3 nitrogen and oxygen atoms in total. The molecule has 1 aliphatic rings. The van der Waals surface area contributed by atoms with E-state index in [9.17, 15) is 18.3 Å². The van der Waals surface area contributed by atoms with Crippen LogP contribution in [0.5, 0.6) is 0 Å². The van der Waals surface area contributed by atoms with Crippen molar-refractivity contribution in [3.05, 3.63) is 0 Å². The lowest BCUT2D eigenvalue weighted by atomic mass is 9.74. The van der Waals surface area contributed by atoms with Crippen LogP contribution in [0.25, 0.3) is 0 Å². The van der Waals surface area contributed by atoms with Gasteiger partial charge in [-0.25, -0.2) is 0 Å². The Morgan fingerprint density at radius 1 is 1.10 bits per heavy atom. The van der Waals surface area contributed by atoms with Gasteiger partial charge in [-0.3, -0.25) is 0 Å². The van der Waals surface area contributed by atoms with Crippen molar-refractivity contribution in [3.8, 4) is 0 Å². The van der Waals surface area contributed by atoms with E-state index in [0.717, 1.165) is 19.3 Å². The van der Waals surface area contributed by atoms with Gasteiger partial charge in [0.1, 0.15) is 5.60 Å². The molecule has 0 bridgehead atoms. The van der Waals surface area contributed by atoms with E-state index in [4.69, 9.17) is 9.47 Å². The Morgan fingerprint density at radius 3 is 2.14 bits per heavy atom. The van der Waals surface area contributed by atoms with Gasteiger partial charge in [-0.05, 0) is 34.1 Å². The first-order chi connectivity index (χ1) is 9.40. The summed E-state index contributed by atoms with van der Waals surface area (Å²) in [7, 11) is 0. The molecule has 0 radical (unpaired) electrons. The highest BCUT2D eigenvalue weighted by molar-refractivity contribution is 5.10. The predicted octanol–water partition coefficient (Wildman–Crippen LogP) is 4.18. The normalized spacial score (nSPS) is 36.7. The third kappa shape index (κ3) is 3.54. The van der Waals surface area contributed by atoms with Crippen LogP contribution in [0, 0.1) is 0 Å². The minimum atomic E-state index is -4.82. The van der Waals surface area contributed by atoms with E-state index in [1.54, 1.807) is 13.8 Å². The van der Waals surface area contributed by atoms with Gasteiger partial charge in [0.05, 0.1) is 6.10 Å². The van der Waals surface area contributed by atoms with Crippen LogP contribution in [0.15, 0.2) is 0 Å². The number of hydrogen-bond donors (Lipinski definition) is 1. The molecule has 126 valence electrons. The lowest BCUT2D eigenvalue weighted by molar-refractivity contribution is -0.445. The number of aliphatic hydroxyl groups is 1. The minimum absolute atomic E-state index is 0.139. The van der Waals surface area contributed by atoms with E-state index in [1.807, 2.05) is 6.92 Å². The van der Waals surface area contributed by atoms with Gasteiger partial charge in [0.2, 0.25) is 5.60 Å². The lowest BCUT2D eigenvalue weighted by Crippen LogP contribution is -2.74. The first-order valence-corrected chi connectivity index (χ1v) is 7.57. The smallest absolute Gasteiger partial charge is 0.376 e. The highest BCUT2D eigenvalue weighted by Gasteiger charge is 2.71. The summed E-state index contributed by atoms with van der Waals surface area (Å²) in [5, 5.41) is 10.4. The molecule has 0 aromatic carbocycles. The Bertz CT molecular complexity index is 357. The number of alkyl halides is 3. The Hall–Kier alpha value is -0.330. The van der Waals surface area contributed by atoms with E-state index in [0.29, 0.717) is 6.42 Å². The van der Waals surface area contributed by atoms with Crippen molar-refractivity contribution in [2.24, 2.45) is 0 Å². The number of unbranched alkanes of at least 4 members (excludes halogenated alkanes) is 3. The largest absolute Gasteiger partial charge is 0.422 e. The maximum atomic E-state index is 13.5. The van der Waals surface area contributed by atoms with E-state index in [2.05, 4.69) is 0 Å². The summed E-state index contributed by atoms with van der Waals surface area (Å²) >= 11 is 0. The molecule has 21 heavy (non-hydrogen) atoms. The van der Waals surface area contributed by atoms with Crippen molar-refractivity contribution in [2.45, 2.75) is 96.0 Å². The fourth-order valence-electron chi connectivity index (χ4n) is 3.25. The summed E-state index contributed by atoms with van der Waals surface area (Å²) in [5.41, 5.74) is -4.73. The highest BCUT2D eigenvalue weighted by atomic mass is 19.4. The van der Waals surface area contributed by atoms with Crippen molar-refractivity contribution >= 4 is 0 Å². The second kappa shape index (κ2) is 6.05. The molecule has 0 aliphatic carbocycles. The summed E-state index contributed by atoms with van der Waals surface area (Å²) in [6.07, 6.45) is -2.73. The lowest BCUT2D eigenvalue weighted by Gasteiger charge is -2.56. The Morgan fingerprint density at radius 2 is 1.67 bits per heavy atom. The summed E-state index contributed by atoms with van der Waals surface area (Å²) < 4.78 is 51.3. The van der Waals surface area contributed by atoms with Crippen LogP contribution in [0.1, 0.15) is 66.7 Å². The summed E-state index contributed by atoms with van der Waals surface area (Å²) in [6, 6.07) is 0. The van der Waals surface area contributed by atoms with Crippen molar-refractivity contribution in [1.82, 2.24) is 0 Å². The first-order valence-electron chi connectivity index (χ1n) is 7.57. The van der Waals surface area contributed by atoms with E-state index in [-0.39, 0.29) is 6.42 Å². The molecule has 0 saturated carbocycles. The van der Waals surface area contributed by atoms with Crippen molar-refractivity contribution < 1.29 is 27.8 Å². The average molecular weight is 312 g/mol. The van der Waals surface area contributed by atoms with Gasteiger partial charge in [0.25, 0.3) is 0 Å². The predicted molar refractivity (Wildman–Crippen MR) is 73.9 cm³/mol. The molecule has 3 atom stereocenters. The summed E-state index contributed by atoms with van der Waals surface area (Å²) in [6.45, 7) is 7.77. The molecule has 6 heteroatoms. The fourth-order valence-corrected chi connectivity index (χ4v) is 3.25. The standard InChI is InChI=1S/C15H27F3O3/c1-6-7-8-9-10-13(5)14(19,15(16,17)18)11(2)20-12(3,4)21-13/h11,19H,6-10H2,1-5H3/t11-,13-,14-/m0/s1. The monoisotopic (exact) mass is 312 g/mol. The highest BCUT2D eigenvalue weighted by Crippen LogP contribution is 2.51. The molecule has 0 unspecified atom stereocenters. The van der Waals surface area contributed by atoms with Crippen LogP contribution in [0.3, 0.4) is 0 Å². The van der Waals surface area contributed by atoms with Crippen LogP contribution < -0.4 is 0 Å². The summed E-state index contributed by atoms with van der Waals surface area (Å²) in [5.74, 6) is -1.16. The average Bonchev–Trinajstić information content (AvgIpc) is 2.29. The second-order valence-corrected chi connectivity index (χ2v) is 6.57. The van der Waals surface area contributed by atoms with Crippen molar-refractivity contribution in [3.63, 3.8) is 0 Å². The van der Waals surface area contributed by atoms with E-state index in [1.165, 1.54) is 13.8 Å². The Labute approximate surface area is 124 Å². The minimum Gasteiger partial charge on any atom is -0.376 e. The van der Waals surface area contributed by atoms with Gasteiger partial charge in [-0.2, -0.15) is 13.2 Å². The zero-order valence-electron chi connectivity index (χ0n) is 13.5. The quantitative estimate of drug-likeness (QED) is 0.774. The second-order valence-electron chi connectivity index (χ2n) is 6.57. The molecule has 0 spiro atoms. The molecule has 0 amide bonds. The van der Waals surface area contributed by atoms with Crippen molar-refractivity contribution in [1.29, 1.82) is 0 Å². The Kier molecular flexibility index (Phi) is 5.39. The molecule has 1 heterocycles. The number of rotatable bonds is 5. The van der Waals surface area contributed by atoms with Crippen molar-refractivity contribution in [2.75, 3.05) is 0 Å². The SMILES string of the molecule is CCCCCC[C@]1(C)OC(C)(C)O[C@@H](C)[C@@]1(O)C(F)(F)F. The molecule has 1 N–H and O–H groups in total.